The maximum atomic E-state index is 10.5. The van der Waals surface area contributed by atoms with Crippen LogP contribution in [0.5, 0.6) is 0 Å². The zero-order valence-electron chi connectivity index (χ0n) is 10.1. The Labute approximate surface area is 97.3 Å². The number of aliphatic hydroxyl groups is 1. The van der Waals surface area contributed by atoms with E-state index in [9.17, 15) is 5.11 Å². The highest BCUT2D eigenvalue weighted by Crippen LogP contribution is 2.31. The standard InChI is InChI=1S/C12H23NO3/c1-12(14,10-2-5-15-6-3-10)8-11-9-16-7-4-13-11/h10-11,13-14H,2-9H2,1H3. The summed E-state index contributed by atoms with van der Waals surface area (Å²) in [5.41, 5.74) is -0.595. The predicted octanol–water partition coefficient (Wildman–Crippen LogP) is 0.542. The third-order valence-electron chi connectivity index (χ3n) is 3.76. The second-order valence-electron chi connectivity index (χ2n) is 5.17. The second-order valence-corrected chi connectivity index (χ2v) is 5.17. The van der Waals surface area contributed by atoms with Crippen molar-refractivity contribution in [2.75, 3.05) is 33.0 Å². The number of rotatable bonds is 3. The third kappa shape index (κ3) is 3.17. The van der Waals surface area contributed by atoms with Gasteiger partial charge in [-0.3, -0.25) is 0 Å². The van der Waals surface area contributed by atoms with E-state index in [4.69, 9.17) is 9.47 Å². The molecule has 4 heteroatoms. The molecule has 2 N–H and O–H groups in total. The zero-order valence-corrected chi connectivity index (χ0v) is 10.1. The molecule has 0 aromatic carbocycles. The maximum absolute atomic E-state index is 10.5. The minimum absolute atomic E-state index is 0.298. The summed E-state index contributed by atoms with van der Waals surface area (Å²) in [7, 11) is 0. The molecule has 0 spiro atoms. The Morgan fingerprint density at radius 3 is 2.62 bits per heavy atom. The van der Waals surface area contributed by atoms with Gasteiger partial charge < -0.3 is 19.9 Å². The monoisotopic (exact) mass is 229 g/mol. The number of ether oxygens (including phenoxy) is 2. The fraction of sp³-hybridized carbons (Fsp3) is 1.00. The van der Waals surface area contributed by atoms with Crippen LogP contribution in [0.1, 0.15) is 26.2 Å². The summed E-state index contributed by atoms with van der Waals surface area (Å²) in [6.07, 6.45) is 2.72. The SMILES string of the molecule is CC(O)(CC1COCCN1)C1CCOCC1. The van der Waals surface area contributed by atoms with Gasteiger partial charge in [-0.1, -0.05) is 0 Å². The van der Waals surface area contributed by atoms with Crippen molar-refractivity contribution in [2.24, 2.45) is 5.92 Å². The van der Waals surface area contributed by atoms with Gasteiger partial charge in [-0.2, -0.15) is 0 Å². The fourth-order valence-corrected chi connectivity index (χ4v) is 2.74. The Kier molecular flexibility index (Phi) is 4.19. The lowest BCUT2D eigenvalue weighted by molar-refractivity contribution is -0.0715. The molecule has 0 aromatic rings. The molecule has 2 aliphatic rings. The minimum atomic E-state index is -0.595. The predicted molar refractivity (Wildman–Crippen MR) is 61.4 cm³/mol. The van der Waals surface area contributed by atoms with Crippen molar-refractivity contribution in [3.05, 3.63) is 0 Å². The van der Waals surface area contributed by atoms with Gasteiger partial charge in [0.15, 0.2) is 0 Å². The Bertz CT molecular complexity index is 208. The molecule has 0 bridgehead atoms. The molecule has 0 saturated carbocycles. The van der Waals surface area contributed by atoms with Crippen LogP contribution in [0.15, 0.2) is 0 Å². The topological polar surface area (TPSA) is 50.7 Å². The molecule has 0 radical (unpaired) electrons. The molecule has 0 amide bonds. The van der Waals surface area contributed by atoms with Crippen molar-refractivity contribution in [3.8, 4) is 0 Å². The summed E-state index contributed by atoms with van der Waals surface area (Å²) in [5.74, 6) is 0.366. The average molecular weight is 229 g/mol. The smallest absolute Gasteiger partial charge is 0.0665 e. The van der Waals surface area contributed by atoms with E-state index in [1.807, 2.05) is 6.92 Å². The summed E-state index contributed by atoms with van der Waals surface area (Å²) < 4.78 is 10.8. The van der Waals surface area contributed by atoms with Crippen LogP contribution in [0.25, 0.3) is 0 Å². The highest BCUT2D eigenvalue weighted by atomic mass is 16.5. The van der Waals surface area contributed by atoms with Crippen LogP contribution >= 0.6 is 0 Å². The van der Waals surface area contributed by atoms with Crippen molar-refractivity contribution < 1.29 is 14.6 Å². The van der Waals surface area contributed by atoms with Crippen LogP contribution in [0.3, 0.4) is 0 Å². The molecule has 0 aromatic heterocycles. The van der Waals surface area contributed by atoms with Gasteiger partial charge in [-0.05, 0) is 32.1 Å². The molecule has 2 heterocycles. The van der Waals surface area contributed by atoms with E-state index in [1.54, 1.807) is 0 Å². The molecule has 0 aliphatic carbocycles. The zero-order chi connectivity index (χ0) is 11.4. The molecule has 2 rings (SSSR count). The van der Waals surface area contributed by atoms with Gasteiger partial charge in [0.25, 0.3) is 0 Å². The molecule has 2 atom stereocenters. The van der Waals surface area contributed by atoms with Crippen molar-refractivity contribution >= 4 is 0 Å². The molecular weight excluding hydrogens is 206 g/mol. The van der Waals surface area contributed by atoms with Gasteiger partial charge in [0.2, 0.25) is 0 Å². The normalized spacial score (nSPS) is 32.2. The summed E-state index contributed by atoms with van der Waals surface area (Å²) in [5, 5.41) is 13.9. The van der Waals surface area contributed by atoms with E-state index in [0.29, 0.717) is 12.0 Å². The first-order valence-electron chi connectivity index (χ1n) is 6.30. The van der Waals surface area contributed by atoms with E-state index >= 15 is 0 Å². The van der Waals surface area contributed by atoms with E-state index in [2.05, 4.69) is 5.32 Å². The van der Waals surface area contributed by atoms with Gasteiger partial charge >= 0.3 is 0 Å². The fourth-order valence-electron chi connectivity index (χ4n) is 2.74. The quantitative estimate of drug-likeness (QED) is 0.742. The number of nitrogens with one attached hydrogen (secondary N) is 1. The van der Waals surface area contributed by atoms with E-state index in [-0.39, 0.29) is 0 Å². The molecule has 16 heavy (non-hydrogen) atoms. The number of hydrogen-bond acceptors (Lipinski definition) is 4. The molecule has 2 aliphatic heterocycles. The van der Waals surface area contributed by atoms with Crippen molar-refractivity contribution in [1.29, 1.82) is 0 Å². The van der Waals surface area contributed by atoms with Crippen molar-refractivity contribution in [2.45, 2.75) is 37.8 Å². The van der Waals surface area contributed by atoms with Crippen LogP contribution in [-0.4, -0.2) is 49.7 Å². The summed E-state index contributed by atoms with van der Waals surface area (Å²) >= 11 is 0. The highest BCUT2D eigenvalue weighted by Gasteiger charge is 2.35. The Morgan fingerprint density at radius 1 is 1.25 bits per heavy atom. The maximum Gasteiger partial charge on any atom is 0.0665 e. The van der Waals surface area contributed by atoms with E-state index < -0.39 is 5.60 Å². The summed E-state index contributed by atoms with van der Waals surface area (Å²) in [6.45, 7) is 5.94. The molecule has 4 nitrogen and oxygen atoms in total. The highest BCUT2D eigenvalue weighted by molar-refractivity contribution is 4.88. The van der Waals surface area contributed by atoms with Gasteiger partial charge in [0, 0.05) is 25.8 Å². The lowest BCUT2D eigenvalue weighted by Crippen LogP contribution is -2.49. The first kappa shape index (κ1) is 12.3. The van der Waals surface area contributed by atoms with Gasteiger partial charge in [-0.25, -0.2) is 0 Å². The van der Waals surface area contributed by atoms with Crippen LogP contribution < -0.4 is 5.32 Å². The lowest BCUT2D eigenvalue weighted by atomic mass is 9.79. The average Bonchev–Trinajstić information content (AvgIpc) is 2.31. The van der Waals surface area contributed by atoms with Crippen molar-refractivity contribution in [1.82, 2.24) is 5.32 Å². The summed E-state index contributed by atoms with van der Waals surface area (Å²) in [4.78, 5) is 0. The lowest BCUT2D eigenvalue weighted by Gasteiger charge is -2.38. The summed E-state index contributed by atoms with van der Waals surface area (Å²) in [6, 6.07) is 0.298. The van der Waals surface area contributed by atoms with Crippen molar-refractivity contribution in [3.63, 3.8) is 0 Å². The molecular formula is C12H23NO3. The van der Waals surface area contributed by atoms with Gasteiger partial charge in [0.05, 0.1) is 18.8 Å². The molecule has 94 valence electrons. The number of hydrogen-bond donors (Lipinski definition) is 2. The van der Waals surface area contributed by atoms with Gasteiger partial charge in [0.1, 0.15) is 0 Å². The Balaban J connectivity index is 1.84. The minimum Gasteiger partial charge on any atom is -0.390 e. The Morgan fingerprint density at radius 2 is 2.00 bits per heavy atom. The first-order chi connectivity index (χ1) is 7.68. The third-order valence-corrected chi connectivity index (χ3v) is 3.76. The Hall–Kier alpha value is -0.160. The molecule has 2 saturated heterocycles. The van der Waals surface area contributed by atoms with E-state index in [1.165, 1.54) is 0 Å². The van der Waals surface area contributed by atoms with Crippen LogP contribution in [0.2, 0.25) is 0 Å². The molecule has 2 unspecified atom stereocenters. The molecule has 2 fully saturated rings. The number of morpholine rings is 1. The van der Waals surface area contributed by atoms with Crippen LogP contribution in [-0.2, 0) is 9.47 Å². The largest absolute Gasteiger partial charge is 0.390 e. The first-order valence-corrected chi connectivity index (χ1v) is 6.30. The van der Waals surface area contributed by atoms with Gasteiger partial charge in [-0.15, -0.1) is 0 Å². The van der Waals surface area contributed by atoms with Crippen LogP contribution in [0.4, 0.5) is 0 Å². The second kappa shape index (κ2) is 5.45. The van der Waals surface area contributed by atoms with Crippen LogP contribution in [0, 0.1) is 5.92 Å². The van der Waals surface area contributed by atoms with E-state index in [0.717, 1.165) is 52.2 Å².